The largest absolute Gasteiger partial charge is 0.497 e. The van der Waals surface area contributed by atoms with Crippen LogP contribution in [0.4, 0.5) is 4.39 Å². The van der Waals surface area contributed by atoms with Crippen molar-refractivity contribution >= 4 is 0 Å². The fourth-order valence-corrected chi connectivity index (χ4v) is 2.63. The highest BCUT2D eigenvalue weighted by molar-refractivity contribution is 5.29. The molecular weight excluding hydrogens is 257 g/mol. The van der Waals surface area contributed by atoms with E-state index in [2.05, 4.69) is 4.90 Å². The van der Waals surface area contributed by atoms with E-state index in [-0.39, 0.29) is 5.82 Å². The number of nitrogens with zero attached hydrogens (tertiary/aromatic N) is 1. The zero-order valence-electron chi connectivity index (χ0n) is 12.4. The molecule has 2 rings (SSSR count). The molecule has 0 aliphatic carbocycles. The molecule has 112 valence electrons. The number of ether oxygens (including phenoxy) is 2. The fourth-order valence-electron chi connectivity index (χ4n) is 2.63. The standard InChI is InChI=1S/C16H24FNO2/c1-18(9-3-5-14-6-4-10-20-14)12-13-11-15(19-2)7-8-16(13)17/h7-8,11,14H,3-6,9-10,12H2,1-2H3. The van der Waals surface area contributed by atoms with Gasteiger partial charge in [0.15, 0.2) is 0 Å². The second kappa shape index (κ2) is 7.60. The first-order valence-electron chi connectivity index (χ1n) is 7.31. The number of hydrogen-bond donors (Lipinski definition) is 0. The lowest BCUT2D eigenvalue weighted by atomic mass is 10.1. The molecule has 1 aromatic carbocycles. The van der Waals surface area contributed by atoms with Gasteiger partial charge in [-0.1, -0.05) is 0 Å². The van der Waals surface area contributed by atoms with Gasteiger partial charge in [0.2, 0.25) is 0 Å². The molecule has 1 saturated heterocycles. The van der Waals surface area contributed by atoms with Crippen LogP contribution in [-0.4, -0.2) is 38.3 Å². The van der Waals surface area contributed by atoms with E-state index >= 15 is 0 Å². The third kappa shape index (κ3) is 4.46. The molecule has 20 heavy (non-hydrogen) atoms. The summed E-state index contributed by atoms with van der Waals surface area (Å²) in [7, 11) is 3.62. The highest BCUT2D eigenvalue weighted by Gasteiger charge is 2.15. The van der Waals surface area contributed by atoms with Gasteiger partial charge in [-0.2, -0.15) is 0 Å². The summed E-state index contributed by atoms with van der Waals surface area (Å²) < 4.78 is 24.5. The molecule has 1 fully saturated rings. The maximum Gasteiger partial charge on any atom is 0.127 e. The van der Waals surface area contributed by atoms with E-state index in [0.29, 0.717) is 24.0 Å². The van der Waals surface area contributed by atoms with Crippen LogP contribution in [-0.2, 0) is 11.3 Å². The van der Waals surface area contributed by atoms with Crippen molar-refractivity contribution in [1.29, 1.82) is 0 Å². The summed E-state index contributed by atoms with van der Waals surface area (Å²) in [6.07, 6.45) is 5.01. The Morgan fingerprint density at radius 1 is 1.45 bits per heavy atom. The Bertz CT molecular complexity index is 419. The van der Waals surface area contributed by atoms with Crippen molar-refractivity contribution in [3.8, 4) is 5.75 Å². The minimum atomic E-state index is -0.170. The molecular formula is C16H24FNO2. The summed E-state index contributed by atoms with van der Waals surface area (Å²) in [5, 5.41) is 0. The van der Waals surface area contributed by atoms with Gasteiger partial charge in [0.25, 0.3) is 0 Å². The van der Waals surface area contributed by atoms with E-state index in [1.165, 1.54) is 18.9 Å². The molecule has 0 N–H and O–H groups in total. The number of hydrogen-bond acceptors (Lipinski definition) is 3. The zero-order valence-corrected chi connectivity index (χ0v) is 12.4. The molecule has 0 amide bonds. The van der Waals surface area contributed by atoms with Crippen LogP contribution in [0.15, 0.2) is 18.2 Å². The first-order valence-corrected chi connectivity index (χ1v) is 7.31. The SMILES string of the molecule is COc1ccc(F)c(CN(C)CCCC2CCCO2)c1. The second-order valence-corrected chi connectivity index (χ2v) is 5.47. The minimum Gasteiger partial charge on any atom is -0.497 e. The molecule has 1 aromatic rings. The quantitative estimate of drug-likeness (QED) is 0.766. The van der Waals surface area contributed by atoms with Gasteiger partial charge in [0, 0.05) is 18.7 Å². The van der Waals surface area contributed by atoms with Gasteiger partial charge in [-0.3, -0.25) is 0 Å². The van der Waals surface area contributed by atoms with Gasteiger partial charge < -0.3 is 14.4 Å². The number of rotatable bonds is 7. The van der Waals surface area contributed by atoms with E-state index in [9.17, 15) is 4.39 Å². The maximum atomic E-state index is 13.7. The van der Waals surface area contributed by atoms with Crippen LogP contribution in [0.25, 0.3) is 0 Å². The van der Waals surface area contributed by atoms with Crippen molar-refractivity contribution in [1.82, 2.24) is 4.90 Å². The maximum absolute atomic E-state index is 13.7. The normalized spacial score (nSPS) is 18.7. The van der Waals surface area contributed by atoms with Crippen LogP contribution in [0.2, 0.25) is 0 Å². The molecule has 0 saturated carbocycles. The first-order chi connectivity index (χ1) is 9.69. The fraction of sp³-hybridized carbons (Fsp3) is 0.625. The van der Waals surface area contributed by atoms with Crippen LogP contribution in [0.3, 0.4) is 0 Å². The number of methoxy groups -OCH3 is 1. The van der Waals surface area contributed by atoms with Crippen molar-refractivity contribution < 1.29 is 13.9 Å². The monoisotopic (exact) mass is 281 g/mol. The van der Waals surface area contributed by atoms with Gasteiger partial charge in [-0.25, -0.2) is 4.39 Å². The molecule has 3 nitrogen and oxygen atoms in total. The summed E-state index contributed by atoms with van der Waals surface area (Å²) in [6.45, 7) is 2.47. The van der Waals surface area contributed by atoms with Gasteiger partial charge in [0.1, 0.15) is 11.6 Å². The Hall–Kier alpha value is -1.13. The summed E-state index contributed by atoms with van der Waals surface area (Å²) in [5.41, 5.74) is 0.684. The smallest absolute Gasteiger partial charge is 0.127 e. The van der Waals surface area contributed by atoms with Crippen molar-refractivity contribution in [3.05, 3.63) is 29.6 Å². The highest BCUT2D eigenvalue weighted by atomic mass is 19.1. The van der Waals surface area contributed by atoms with E-state index in [1.54, 1.807) is 19.2 Å². The Balaban J connectivity index is 1.76. The predicted octanol–water partition coefficient (Wildman–Crippen LogP) is 3.23. The lowest BCUT2D eigenvalue weighted by Gasteiger charge is -2.18. The van der Waals surface area contributed by atoms with Crippen LogP contribution in [0, 0.1) is 5.82 Å². The lowest BCUT2D eigenvalue weighted by Crippen LogP contribution is -2.21. The van der Waals surface area contributed by atoms with Crippen LogP contribution in [0.1, 0.15) is 31.2 Å². The Labute approximate surface area is 120 Å². The topological polar surface area (TPSA) is 21.7 Å². The molecule has 1 aliphatic rings. The molecule has 1 aliphatic heterocycles. The van der Waals surface area contributed by atoms with Crippen molar-refractivity contribution in [3.63, 3.8) is 0 Å². The predicted molar refractivity (Wildman–Crippen MR) is 77.5 cm³/mol. The summed E-state index contributed by atoms with van der Waals surface area (Å²) in [4.78, 5) is 2.15. The molecule has 1 unspecified atom stereocenters. The van der Waals surface area contributed by atoms with Crippen molar-refractivity contribution in [2.45, 2.75) is 38.3 Å². The van der Waals surface area contributed by atoms with Crippen LogP contribution < -0.4 is 4.74 Å². The molecule has 1 atom stereocenters. The molecule has 0 radical (unpaired) electrons. The third-order valence-corrected chi connectivity index (χ3v) is 3.78. The zero-order chi connectivity index (χ0) is 14.4. The van der Waals surface area contributed by atoms with E-state index in [4.69, 9.17) is 9.47 Å². The number of benzene rings is 1. The average molecular weight is 281 g/mol. The Morgan fingerprint density at radius 3 is 3.00 bits per heavy atom. The Morgan fingerprint density at radius 2 is 2.30 bits per heavy atom. The lowest BCUT2D eigenvalue weighted by molar-refractivity contribution is 0.0995. The van der Waals surface area contributed by atoms with Gasteiger partial charge in [-0.15, -0.1) is 0 Å². The minimum absolute atomic E-state index is 0.170. The highest BCUT2D eigenvalue weighted by Crippen LogP contribution is 2.19. The molecule has 0 spiro atoms. The molecule has 0 bridgehead atoms. The van der Waals surface area contributed by atoms with Crippen molar-refractivity contribution in [2.24, 2.45) is 0 Å². The van der Waals surface area contributed by atoms with E-state index in [1.807, 2.05) is 7.05 Å². The summed E-state index contributed by atoms with van der Waals surface area (Å²) in [6, 6.07) is 4.89. The molecule has 1 heterocycles. The average Bonchev–Trinajstić information content (AvgIpc) is 2.94. The van der Waals surface area contributed by atoms with Crippen LogP contribution >= 0.6 is 0 Å². The van der Waals surface area contributed by atoms with Crippen LogP contribution in [0.5, 0.6) is 5.75 Å². The molecule has 4 heteroatoms. The van der Waals surface area contributed by atoms with Crippen molar-refractivity contribution in [2.75, 3.05) is 27.3 Å². The number of halogens is 1. The van der Waals surface area contributed by atoms with Gasteiger partial charge in [-0.05, 0) is 57.5 Å². The molecule has 0 aromatic heterocycles. The van der Waals surface area contributed by atoms with Gasteiger partial charge >= 0.3 is 0 Å². The third-order valence-electron chi connectivity index (χ3n) is 3.78. The van der Waals surface area contributed by atoms with E-state index < -0.39 is 0 Å². The Kier molecular flexibility index (Phi) is 5.80. The van der Waals surface area contributed by atoms with Gasteiger partial charge in [0.05, 0.1) is 13.2 Å². The first kappa shape index (κ1) is 15.3. The summed E-state index contributed by atoms with van der Waals surface area (Å²) in [5.74, 6) is 0.533. The second-order valence-electron chi connectivity index (χ2n) is 5.47. The van der Waals surface area contributed by atoms with E-state index in [0.717, 1.165) is 26.0 Å². The summed E-state index contributed by atoms with van der Waals surface area (Å²) >= 11 is 0.